The lowest BCUT2D eigenvalue weighted by Crippen LogP contribution is -2.56. The minimum absolute atomic E-state index is 0.234. The van der Waals surface area contributed by atoms with Gasteiger partial charge in [0.25, 0.3) is 0 Å². The molecule has 0 radical (unpaired) electrons. The van der Waals surface area contributed by atoms with E-state index < -0.39 is 0 Å². The Hall–Kier alpha value is -0.570. The van der Waals surface area contributed by atoms with Gasteiger partial charge in [-0.1, -0.05) is 0 Å². The summed E-state index contributed by atoms with van der Waals surface area (Å²) in [6.07, 6.45) is 9.72. The van der Waals surface area contributed by atoms with Crippen LogP contribution in [0.5, 0.6) is 0 Å². The molecule has 3 heteroatoms. The lowest BCUT2D eigenvalue weighted by Gasteiger charge is -2.54. The maximum absolute atomic E-state index is 12.1. The molecule has 5 aliphatic carbocycles. The van der Waals surface area contributed by atoms with Crippen LogP contribution in [-0.4, -0.2) is 25.0 Å². The Morgan fingerprint density at radius 2 is 1.58 bits per heavy atom. The van der Waals surface area contributed by atoms with E-state index in [2.05, 4.69) is 10.6 Å². The SMILES string of the molecule is O=C(CNCC1CC1)NC1C2CC3CC(C2)CC1C3. The maximum Gasteiger partial charge on any atom is 0.234 e. The van der Waals surface area contributed by atoms with Gasteiger partial charge in [-0.25, -0.2) is 0 Å². The molecule has 5 fully saturated rings. The zero-order valence-corrected chi connectivity index (χ0v) is 11.7. The zero-order valence-electron chi connectivity index (χ0n) is 11.7. The Balaban J connectivity index is 1.28. The van der Waals surface area contributed by atoms with Crippen molar-refractivity contribution in [1.29, 1.82) is 0 Å². The van der Waals surface area contributed by atoms with Crippen LogP contribution in [0.3, 0.4) is 0 Å². The van der Waals surface area contributed by atoms with Crippen molar-refractivity contribution in [2.24, 2.45) is 29.6 Å². The first kappa shape index (κ1) is 12.2. The molecule has 0 saturated heterocycles. The van der Waals surface area contributed by atoms with Crippen LogP contribution >= 0.6 is 0 Å². The van der Waals surface area contributed by atoms with Gasteiger partial charge in [-0.15, -0.1) is 0 Å². The normalized spacial score (nSPS) is 43.5. The predicted octanol–water partition coefficient (Wildman–Crippen LogP) is 1.93. The molecule has 19 heavy (non-hydrogen) atoms. The van der Waals surface area contributed by atoms with E-state index in [0.29, 0.717) is 12.6 Å². The van der Waals surface area contributed by atoms with Gasteiger partial charge in [-0.2, -0.15) is 0 Å². The van der Waals surface area contributed by atoms with Crippen LogP contribution in [0.15, 0.2) is 0 Å². The zero-order chi connectivity index (χ0) is 12.8. The predicted molar refractivity (Wildman–Crippen MR) is 74.6 cm³/mol. The van der Waals surface area contributed by atoms with Gasteiger partial charge in [0.2, 0.25) is 5.91 Å². The fourth-order valence-corrected chi connectivity index (χ4v) is 5.11. The number of nitrogens with one attached hydrogen (secondary N) is 2. The Morgan fingerprint density at radius 1 is 0.947 bits per heavy atom. The number of carbonyl (C=O) groups excluding carboxylic acids is 1. The van der Waals surface area contributed by atoms with Crippen LogP contribution < -0.4 is 10.6 Å². The first-order chi connectivity index (χ1) is 9.28. The van der Waals surface area contributed by atoms with Gasteiger partial charge in [0, 0.05) is 6.04 Å². The van der Waals surface area contributed by atoms with Crippen molar-refractivity contribution in [3.05, 3.63) is 0 Å². The Morgan fingerprint density at radius 3 is 2.16 bits per heavy atom. The van der Waals surface area contributed by atoms with Gasteiger partial charge in [0.05, 0.1) is 6.54 Å². The first-order valence-corrected chi connectivity index (χ1v) is 8.28. The minimum atomic E-state index is 0.234. The topological polar surface area (TPSA) is 41.1 Å². The highest BCUT2D eigenvalue weighted by Crippen LogP contribution is 2.53. The summed E-state index contributed by atoms with van der Waals surface area (Å²) in [5, 5.41) is 6.66. The number of hydrogen-bond acceptors (Lipinski definition) is 2. The van der Waals surface area contributed by atoms with Crippen molar-refractivity contribution in [1.82, 2.24) is 10.6 Å². The van der Waals surface area contributed by atoms with E-state index in [0.717, 1.165) is 36.1 Å². The average molecular weight is 262 g/mol. The van der Waals surface area contributed by atoms with Crippen molar-refractivity contribution < 1.29 is 4.79 Å². The number of amides is 1. The number of rotatable bonds is 5. The molecule has 106 valence electrons. The molecule has 5 saturated carbocycles. The standard InChI is InChI=1S/C16H26N2O/c19-15(9-17-8-10-1-2-10)18-16-13-4-11-3-12(6-13)7-14(16)5-11/h10-14,16-17H,1-9H2,(H,18,19). The second-order valence-electron chi connectivity index (χ2n) is 7.60. The van der Waals surface area contributed by atoms with Gasteiger partial charge in [-0.05, 0) is 81.1 Å². The molecular weight excluding hydrogens is 236 g/mol. The van der Waals surface area contributed by atoms with E-state index in [1.807, 2.05) is 0 Å². The molecule has 4 bridgehead atoms. The fourth-order valence-electron chi connectivity index (χ4n) is 5.11. The summed E-state index contributed by atoms with van der Waals surface area (Å²) in [7, 11) is 0. The summed E-state index contributed by atoms with van der Waals surface area (Å²) in [6.45, 7) is 1.56. The molecule has 0 aromatic rings. The van der Waals surface area contributed by atoms with E-state index >= 15 is 0 Å². The second kappa shape index (κ2) is 4.76. The van der Waals surface area contributed by atoms with Crippen molar-refractivity contribution in [3.8, 4) is 0 Å². The van der Waals surface area contributed by atoms with Gasteiger partial charge < -0.3 is 10.6 Å². The van der Waals surface area contributed by atoms with Crippen molar-refractivity contribution in [2.45, 2.75) is 51.0 Å². The van der Waals surface area contributed by atoms with Crippen LogP contribution in [0.25, 0.3) is 0 Å². The highest BCUT2D eigenvalue weighted by atomic mass is 16.2. The minimum Gasteiger partial charge on any atom is -0.352 e. The van der Waals surface area contributed by atoms with E-state index in [9.17, 15) is 4.79 Å². The Bertz CT molecular complexity index is 336. The molecule has 0 aliphatic heterocycles. The lowest BCUT2D eigenvalue weighted by molar-refractivity contribution is -0.124. The van der Waals surface area contributed by atoms with Crippen LogP contribution in [0.1, 0.15) is 44.9 Å². The van der Waals surface area contributed by atoms with Gasteiger partial charge in [-0.3, -0.25) is 4.79 Å². The Kier molecular flexibility index (Phi) is 3.06. The third-order valence-electron chi connectivity index (χ3n) is 5.97. The Labute approximate surface area is 115 Å². The summed E-state index contributed by atoms with van der Waals surface area (Å²) in [6, 6.07) is 0.503. The highest BCUT2D eigenvalue weighted by molar-refractivity contribution is 5.78. The molecule has 5 aliphatic rings. The summed E-state index contributed by atoms with van der Waals surface area (Å²) in [5.41, 5.74) is 0. The third-order valence-corrected chi connectivity index (χ3v) is 5.97. The van der Waals surface area contributed by atoms with Crippen LogP contribution in [0.2, 0.25) is 0 Å². The van der Waals surface area contributed by atoms with Gasteiger partial charge in [0.1, 0.15) is 0 Å². The van der Waals surface area contributed by atoms with E-state index in [-0.39, 0.29) is 5.91 Å². The number of carbonyl (C=O) groups is 1. The summed E-state index contributed by atoms with van der Waals surface area (Å²) in [5.74, 6) is 4.66. The molecule has 0 heterocycles. The monoisotopic (exact) mass is 262 g/mol. The summed E-state index contributed by atoms with van der Waals surface area (Å²) >= 11 is 0. The molecule has 1 amide bonds. The van der Waals surface area contributed by atoms with Crippen molar-refractivity contribution in [2.75, 3.05) is 13.1 Å². The van der Waals surface area contributed by atoms with Crippen molar-refractivity contribution in [3.63, 3.8) is 0 Å². The fraction of sp³-hybridized carbons (Fsp3) is 0.938. The molecule has 0 spiro atoms. The second-order valence-corrected chi connectivity index (χ2v) is 7.60. The quantitative estimate of drug-likeness (QED) is 0.795. The van der Waals surface area contributed by atoms with Crippen LogP contribution in [0, 0.1) is 29.6 Å². The van der Waals surface area contributed by atoms with Crippen LogP contribution in [-0.2, 0) is 4.79 Å². The molecule has 0 aromatic carbocycles. The summed E-state index contributed by atoms with van der Waals surface area (Å²) < 4.78 is 0. The summed E-state index contributed by atoms with van der Waals surface area (Å²) in [4.78, 5) is 12.1. The third kappa shape index (κ3) is 2.54. The highest BCUT2D eigenvalue weighted by Gasteiger charge is 2.48. The van der Waals surface area contributed by atoms with E-state index in [1.54, 1.807) is 0 Å². The van der Waals surface area contributed by atoms with Crippen LogP contribution in [0.4, 0.5) is 0 Å². The number of hydrogen-bond donors (Lipinski definition) is 2. The smallest absolute Gasteiger partial charge is 0.234 e. The molecule has 5 rings (SSSR count). The molecule has 3 nitrogen and oxygen atoms in total. The maximum atomic E-state index is 12.1. The molecule has 0 atom stereocenters. The van der Waals surface area contributed by atoms with E-state index in [4.69, 9.17) is 0 Å². The van der Waals surface area contributed by atoms with Gasteiger partial charge >= 0.3 is 0 Å². The molecule has 2 N–H and O–H groups in total. The first-order valence-electron chi connectivity index (χ1n) is 8.28. The largest absolute Gasteiger partial charge is 0.352 e. The average Bonchev–Trinajstić information content (AvgIpc) is 3.17. The lowest BCUT2D eigenvalue weighted by atomic mass is 9.54. The van der Waals surface area contributed by atoms with Crippen molar-refractivity contribution >= 4 is 5.91 Å². The van der Waals surface area contributed by atoms with E-state index in [1.165, 1.54) is 44.9 Å². The molecular formula is C16H26N2O. The molecule has 0 unspecified atom stereocenters. The van der Waals surface area contributed by atoms with Gasteiger partial charge in [0.15, 0.2) is 0 Å². The molecule has 0 aromatic heterocycles.